The molecule has 0 aliphatic carbocycles. The van der Waals surface area contributed by atoms with E-state index in [9.17, 15) is 13.2 Å². The third-order valence-electron chi connectivity index (χ3n) is 4.08. The number of carbonyl (C=O) groups excluding carboxylic acids is 1. The zero-order valence-corrected chi connectivity index (χ0v) is 17.2. The molecular weight excluding hydrogens is 416 g/mol. The number of rotatable bonds is 7. The van der Waals surface area contributed by atoms with Crippen LogP contribution < -0.4 is 19.5 Å². The van der Waals surface area contributed by atoms with Crippen molar-refractivity contribution in [3.8, 4) is 11.5 Å². The number of fused-ring (bicyclic) bond motifs is 1. The Labute approximate surface area is 174 Å². The standard InChI is InChI=1S/C20H21ClN2O5S/c1-2-8-22-29(25,26)13-14-4-6-16(7-5-14)23-20(24)15-11-17(21)19-18(12-15)27-9-3-10-28-19/h2,4-7,11-12,22H,1,3,8-10,13H2,(H,23,24). The fourth-order valence-corrected chi connectivity index (χ4v) is 4.08. The number of hydrogen-bond donors (Lipinski definition) is 2. The Bertz CT molecular complexity index is 1010. The highest BCUT2D eigenvalue weighted by Crippen LogP contribution is 2.38. The van der Waals surface area contributed by atoms with Crippen LogP contribution in [-0.2, 0) is 15.8 Å². The second-order valence-corrected chi connectivity index (χ2v) is 8.60. The summed E-state index contributed by atoms with van der Waals surface area (Å²) in [5.74, 6) is 0.354. The molecule has 1 amide bonds. The van der Waals surface area contributed by atoms with E-state index in [1.54, 1.807) is 30.3 Å². The summed E-state index contributed by atoms with van der Waals surface area (Å²) in [4.78, 5) is 12.6. The number of sulfonamides is 1. The summed E-state index contributed by atoms with van der Waals surface area (Å²) < 4.78 is 37.4. The minimum absolute atomic E-state index is 0.160. The minimum atomic E-state index is -3.44. The fourth-order valence-electron chi connectivity index (χ4n) is 2.71. The van der Waals surface area contributed by atoms with Crippen LogP contribution >= 0.6 is 11.6 Å². The first-order valence-electron chi connectivity index (χ1n) is 8.95. The molecule has 0 saturated heterocycles. The van der Waals surface area contributed by atoms with Crippen molar-refractivity contribution < 1.29 is 22.7 Å². The van der Waals surface area contributed by atoms with E-state index in [2.05, 4.69) is 16.6 Å². The van der Waals surface area contributed by atoms with Crippen molar-refractivity contribution >= 4 is 33.2 Å². The lowest BCUT2D eigenvalue weighted by Crippen LogP contribution is -2.25. The van der Waals surface area contributed by atoms with Gasteiger partial charge in [-0.05, 0) is 29.8 Å². The largest absolute Gasteiger partial charge is 0.489 e. The van der Waals surface area contributed by atoms with Crippen LogP contribution in [0.1, 0.15) is 22.3 Å². The highest BCUT2D eigenvalue weighted by molar-refractivity contribution is 7.88. The van der Waals surface area contributed by atoms with Crippen LogP contribution in [0, 0.1) is 0 Å². The van der Waals surface area contributed by atoms with Gasteiger partial charge in [0.1, 0.15) is 0 Å². The van der Waals surface area contributed by atoms with Crippen molar-refractivity contribution in [2.75, 3.05) is 25.1 Å². The molecule has 29 heavy (non-hydrogen) atoms. The number of halogens is 1. The maximum Gasteiger partial charge on any atom is 0.255 e. The molecule has 0 atom stereocenters. The first-order chi connectivity index (χ1) is 13.9. The Hall–Kier alpha value is -2.55. The second kappa shape index (κ2) is 9.30. The number of amides is 1. The topological polar surface area (TPSA) is 93.7 Å². The van der Waals surface area contributed by atoms with Gasteiger partial charge in [-0.3, -0.25) is 4.79 Å². The predicted octanol–water partition coefficient (Wildman–Crippen LogP) is 3.36. The summed E-state index contributed by atoms with van der Waals surface area (Å²) >= 11 is 6.23. The number of nitrogens with one attached hydrogen (secondary N) is 2. The molecule has 1 heterocycles. The van der Waals surface area contributed by atoms with Gasteiger partial charge in [0.2, 0.25) is 10.0 Å². The molecule has 2 N–H and O–H groups in total. The molecule has 7 nitrogen and oxygen atoms in total. The third kappa shape index (κ3) is 5.72. The van der Waals surface area contributed by atoms with Crippen LogP contribution in [0.3, 0.4) is 0 Å². The van der Waals surface area contributed by atoms with Gasteiger partial charge in [-0.25, -0.2) is 13.1 Å². The zero-order valence-electron chi connectivity index (χ0n) is 15.6. The van der Waals surface area contributed by atoms with Gasteiger partial charge < -0.3 is 14.8 Å². The lowest BCUT2D eigenvalue weighted by atomic mass is 10.1. The number of hydrogen-bond acceptors (Lipinski definition) is 5. The van der Waals surface area contributed by atoms with Gasteiger partial charge in [-0.2, -0.15) is 0 Å². The Morgan fingerprint density at radius 3 is 2.62 bits per heavy atom. The molecule has 3 rings (SSSR count). The van der Waals surface area contributed by atoms with Gasteiger partial charge >= 0.3 is 0 Å². The maximum absolute atomic E-state index is 12.6. The lowest BCUT2D eigenvalue weighted by molar-refractivity contribution is 0.102. The summed E-state index contributed by atoms with van der Waals surface area (Å²) in [5.41, 5.74) is 1.45. The summed E-state index contributed by atoms with van der Waals surface area (Å²) in [6, 6.07) is 9.68. The maximum atomic E-state index is 12.6. The first kappa shape index (κ1) is 21.2. The van der Waals surface area contributed by atoms with Gasteiger partial charge in [0, 0.05) is 24.2 Å². The molecule has 154 valence electrons. The van der Waals surface area contributed by atoms with E-state index in [0.717, 1.165) is 6.42 Å². The van der Waals surface area contributed by atoms with E-state index in [4.69, 9.17) is 21.1 Å². The van der Waals surface area contributed by atoms with Gasteiger partial charge in [-0.1, -0.05) is 29.8 Å². The Balaban J connectivity index is 1.69. The average molecular weight is 437 g/mol. The van der Waals surface area contributed by atoms with Crippen molar-refractivity contribution in [1.82, 2.24) is 4.72 Å². The van der Waals surface area contributed by atoms with E-state index in [-0.39, 0.29) is 18.2 Å². The number of benzene rings is 2. The lowest BCUT2D eigenvalue weighted by Gasteiger charge is -2.12. The Morgan fingerprint density at radius 2 is 1.90 bits per heavy atom. The normalized spacial score (nSPS) is 13.4. The molecule has 9 heteroatoms. The van der Waals surface area contributed by atoms with Crippen molar-refractivity contribution in [1.29, 1.82) is 0 Å². The van der Waals surface area contributed by atoms with E-state index in [0.29, 0.717) is 46.5 Å². The smallest absolute Gasteiger partial charge is 0.255 e. The molecule has 0 unspecified atom stereocenters. The molecule has 2 aromatic rings. The van der Waals surface area contributed by atoms with Crippen LogP contribution in [0.25, 0.3) is 0 Å². The van der Waals surface area contributed by atoms with E-state index >= 15 is 0 Å². The van der Waals surface area contributed by atoms with E-state index < -0.39 is 10.0 Å². The monoisotopic (exact) mass is 436 g/mol. The molecule has 1 aliphatic rings. The SMILES string of the molecule is C=CCNS(=O)(=O)Cc1ccc(NC(=O)c2cc(Cl)c3c(c2)OCCCO3)cc1. The molecule has 0 bridgehead atoms. The highest BCUT2D eigenvalue weighted by atomic mass is 35.5. The van der Waals surface area contributed by atoms with Crippen molar-refractivity contribution in [2.45, 2.75) is 12.2 Å². The zero-order chi connectivity index (χ0) is 20.9. The van der Waals surface area contributed by atoms with E-state index in [1.807, 2.05) is 0 Å². The van der Waals surface area contributed by atoms with Crippen LogP contribution in [0.5, 0.6) is 11.5 Å². The van der Waals surface area contributed by atoms with Crippen molar-refractivity contribution in [3.63, 3.8) is 0 Å². The molecule has 0 aromatic heterocycles. The van der Waals surface area contributed by atoms with Crippen LogP contribution in [0.4, 0.5) is 5.69 Å². The summed E-state index contributed by atoms with van der Waals surface area (Å²) in [7, 11) is -3.44. The van der Waals surface area contributed by atoms with Gasteiger partial charge in [0.25, 0.3) is 5.91 Å². The molecule has 2 aromatic carbocycles. The number of anilines is 1. The molecular formula is C20H21ClN2O5S. The third-order valence-corrected chi connectivity index (χ3v) is 5.68. The second-order valence-electron chi connectivity index (χ2n) is 6.38. The summed E-state index contributed by atoms with van der Waals surface area (Å²) in [6.45, 7) is 4.64. The van der Waals surface area contributed by atoms with Crippen LogP contribution in [0.2, 0.25) is 5.02 Å². The predicted molar refractivity (Wildman–Crippen MR) is 112 cm³/mol. The highest BCUT2D eigenvalue weighted by Gasteiger charge is 2.18. The Morgan fingerprint density at radius 1 is 1.17 bits per heavy atom. The van der Waals surface area contributed by atoms with Gasteiger partial charge in [-0.15, -0.1) is 6.58 Å². The van der Waals surface area contributed by atoms with Crippen molar-refractivity contribution in [2.24, 2.45) is 0 Å². The average Bonchev–Trinajstić information content (AvgIpc) is 2.93. The molecule has 0 radical (unpaired) electrons. The van der Waals surface area contributed by atoms with Crippen molar-refractivity contribution in [3.05, 3.63) is 65.2 Å². The van der Waals surface area contributed by atoms with E-state index in [1.165, 1.54) is 12.1 Å². The quantitative estimate of drug-likeness (QED) is 0.649. The van der Waals surface area contributed by atoms with Gasteiger partial charge in [0.05, 0.1) is 24.0 Å². The minimum Gasteiger partial charge on any atom is -0.489 e. The van der Waals surface area contributed by atoms with Crippen LogP contribution in [0.15, 0.2) is 49.1 Å². The van der Waals surface area contributed by atoms with Crippen LogP contribution in [-0.4, -0.2) is 34.1 Å². The number of carbonyl (C=O) groups is 1. The summed E-state index contributed by atoms with van der Waals surface area (Å²) in [6.07, 6.45) is 2.21. The van der Waals surface area contributed by atoms with Gasteiger partial charge in [0.15, 0.2) is 11.5 Å². The summed E-state index contributed by atoms with van der Waals surface area (Å²) in [5, 5.41) is 3.07. The Kier molecular flexibility index (Phi) is 6.79. The molecule has 0 fully saturated rings. The first-order valence-corrected chi connectivity index (χ1v) is 11.0. The number of ether oxygens (including phenoxy) is 2. The molecule has 1 aliphatic heterocycles. The fraction of sp³-hybridized carbons (Fsp3) is 0.250. The molecule has 0 saturated carbocycles. The molecule has 0 spiro atoms.